The number of ether oxygens (including phenoxy) is 1. The second-order valence-electron chi connectivity index (χ2n) is 8.55. The summed E-state index contributed by atoms with van der Waals surface area (Å²) >= 11 is 0. The Labute approximate surface area is 172 Å². The van der Waals surface area contributed by atoms with Gasteiger partial charge in [0.15, 0.2) is 0 Å². The maximum absolute atomic E-state index is 14.6. The molecule has 0 radical (unpaired) electrons. The smallest absolute Gasteiger partial charge is 0.313 e. The van der Waals surface area contributed by atoms with Gasteiger partial charge in [-0.05, 0) is 60.9 Å². The summed E-state index contributed by atoms with van der Waals surface area (Å²) in [6, 6.07) is 3.46. The van der Waals surface area contributed by atoms with Gasteiger partial charge in [-0.3, -0.25) is 9.59 Å². The lowest BCUT2D eigenvalue weighted by Gasteiger charge is -2.24. The number of nitrogens with zero attached hydrogens (tertiary/aromatic N) is 2. The average molecular weight is 404 g/mol. The van der Waals surface area contributed by atoms with Gasteiger partial charge in [0.05, 0.1) is 34.9 Å². The van der Waals surface area contributed by atoms with Crippen LogP contribution in [0, 0.1) is 12.7 Å². The lowest BCUT2D eigenvalue weighted by atomic mass is 9.84. The molecule has 0 unspecified atom stereocenters. The molecule has 1 aromatic carbocycles. The molecule has 6 heteroatoms. The van der Waals surface area contributed by atoms with Crippen molar-refractivity contribution in [3.05, 3.63) is 61.7 Å². The minimum absolute atomic E-state index is 0.0247. The fourth-order valence-electron chi connectivity index (χ4n) is 5.54. The monoisotopic (exact) mass is 404 g/mol. The van der Waals surface area contributed by atoms with Crippen molar-refractivity contribution >= 4 is 16.9 Å². The van der Waals surface area contributed by atoms with Crippen LogP contribution in [-0.2, 0) is 35.5 Å². The molecular weight excluding hydrogens is 383 g/mol. The number of carbonyl (C=O) groups is 1. The third-order valence-corrected chi connectivity index (χ3v) is 7.09. The molecule has 3 aromatic rings. The molecule has 0 spiro atoms. The van der Waals surface area contributed by atoms with Crippen LogP contribution >= 0.6 is 0 Å². The Morgan fingerprint density at radius 1 is 1.17 bits per heavy atom. The van der Waals surface area contributed by atoms with Gasteiger partial charge in [-0.1, -0.05) is 6.92 Å². The zero-order valence-electron chi connectivity index (χ0n) is 17.0. The SMILES string of the molecule is CC[C@H]1C(=O)OCc2c1cc1n(c2=O)Cc2c-1nc1cc(F)c(C)c3c1c2CCC3. The van der Waals surface area contributed by atoms with E-state index in [0.717, 1.165) is 52.7 Å². The number of carbonyl (C=O) groups excluding carboxylic acids is 1. The molecule has 2 aliphatic heterocycles. The van der Waals surface area contributed by atoms with Gasteiger partial charge >= 0.3 is 5.97 Å². The number of hydrogen-bond acceptors (Lipinski definition) is 4. The number of aromatic nitrogens is 2. The van der Waals surface area contributed by atoms with Crippen molar-refractivity contribution in [3.8, 4) is 11.4 Å². The number of esters is 1. The minimum Gasteiger partial charge on any atom is -0.460 e. The molecule has 0 bridgehead atoms. The van der Waals surface area contributed by atoms with Gasteiger partial charge in [0.25, 0.3) is 5.56 Å². The summed E-state index contributed by atoms with van der Waals surface area (Å²) in [6.07, 6.45) is 3.30. The predicted molar refractivity (Wildman–Crippen MR) is 110 cm³/mol. The van der Waals surface area contributed by atoms with Crippen LogP contribution in [0.3, 0.4) is 0 Å². The van der Waals surface area contributed by atoms with Gasteiger partial charge < -0.3 is 9.30 Å². The van der Waals surface area contributed by atoms with Gasteiger partial charge in [0.1, 0.15) is 12.4 Å². The Bertz CT molecular complexity index is 1360. The van der Waals surface area contributed by atoms with Crippen LogP contribution in [0.1, 0.15) is 59.1 Å². The van der Waals surface area contributed by atoms with E-state index in [2.05, 4.69) is 0 Å². The highest BCUT2D eigenvalue weighted by Crippen LogP contribution is 2.42. The van der Waals surface area contributed by atoms with E-state index in [1.165, 1.54) is 11.6 Å². The van der Waals surface area contributed by atoms with E-state index in [4.69, 9.17) is 9.72 Å². The molecule has 0 saturated carbocycles. The normalized spacial score (nSPS) is 18.8. The number of hydrogen-bond donors (Lipinski definition) is 0. The van der Waals surface area contributed by atoms with Crippen molar-refractivity contribution in [2.24, 2.45) is 0 Å². The van der Waals surface area contributed by atoms with Crippen molar-refractivity contribution in [1.82, 2.24) is 9.55 Å². The van der Waals surface area contributed by atoms with Crippen molar-refractivity contribution < 1.29 is 13.9 Å². The van der Waals surface area contributed by atoms with E-state index >= 15 is 0 Å². The topological polar surface area (TPSA) is 61.2 Å². The summed E-state index contributed by atoms with van der Waals surface area (Å²) in [7, 11) is 0. The number of rotatable bonds is 1. The lowest BCUT2D eigenvalue weighted by molar-refractivity contribution is -0.148. The van der Waals surface area contributed by atoms with Crippen LogP contribution < -0.4 is 5.56 Å². The summed E-state index contributed by atoms with van der Waals surface area (Å²) in [5.41, 5.74) is 7.36. The molecule has 2 aromatic heterocycles. The van der Waals surface area contributed by atoms with E-state index in [1.807, 2.05) is 19.9 Å². The Morgan fingerprint density at radius 3 is 2.77 bits per heavy atom. The highest BCUT2D eigenvalue weighted by atomic mass is 19.1. The molecular formula is C24H21FN2O3. The molecule has 152 valence electrons. The summed E-state index contributed by atoms with van der Waals surface area (Å²) < 4.78 is 21.6. The van der Waals surface area contributed by atoms with E-state index in [-0.39, 0.29) is 24.0 Å². The van der Waals surface area contributed by atoms with E-state index in [0.29, 0.717) is 29.6 Å². The number of halogens is 1. The molecule has 1 aliphatic carbocycles. The Kier molecular flexibility index (Phi) is 3.56. The Hall–Kier alpha value is -3.02. The number of aryl methyl sites for hydroxylation is 2. The molecule has 5 nitrogen and oxygen atoms in total. The molecule has 4 heterocycles. The van der Waals surface area contributed by atoms with Crippen molar-refractivity contribution in [1.29, 1.82) is 0 Å². The second kappa shape index (κ2) is 6.00. The van der Waals surface area contributed by atoms with E-state index < -0.39 is 5.92 Å². The van der Waals surface area contributed by atoms with Crippen LogP contribution in [0.5, 0.6) is 0 Å². The third kappa shape index (κ3) is 2.14. The Balaban J connectivity index is 1.67. The van der Waals surface area contributed by atoms with Crippen molar-refractivity contribution in [2.75, 3.05) is 0 Å². The minimum atomic E-state index is -0.429. The predicted octanol–water partition coefficient (Wildman–Crippen LogP) is 3.91. The molecule has 0 N–H and O–H groups in total. The van der Waals surface area contributed by atoms with Gasteiger partial charge in [-0.15, -0.1) is 0 Å². The number of pyridine rings is 2. The first-order valence-corrected chi connectivity index (χ1v) is 10.6. The molecule has 6 rings (SSSR count). The fraction of sp³-hybridized carbons (Fsp3) is 0.375. The fourth-order valence-corrected chi connectivity index (χ4v) is 5.54. The Morgan fingerprint density at radius 2 is 1.97 bits per heavy atom. The van der Waals surface area contributed by atoms with Crippen LogP contribution in [-0.4, -0.2) is 15.5 Å². The quantitative estimate of drug-likeness (QED) is 0.451. The van der Waals surface area contributed by atoms with Gasteiger partial charge in [0.2, 0.25) is 0 Å². The number of benzene rings is 1. The van der Waals surface area contributed by atoms with Crippen LogP contribution in [0.4, 0.5) is 4.39 Å². The van der Waals surface area contributed by atoms with Crippen molar-refractivity contribution in [3.63, 3.8) is 0 Å². The van der Waals surface area contributed by atoms with E-state index in [9.17, 15) is 14.0 Å². The summed E-state index contributed by atoms with van der Waals surface area (Å²) in [5.74, 6) is -0.939. The summed E-state index contributed by atoms with van der Waals surface area (Å²) in [5, 5.41) is 1.06. The molecule has 30 heavy (non-hydrogen) atoms. The van der Waals surface area contributed by atoms with Gasteiger partial charge in [-0.2, -0.15) is 0 Å². The maximum Gasteiger partial charge on any atom is 0.313 e. The summed E-state index contributed by atoms with van der Waals surface area (Å²) in [4.78, 5) is 30.4. The van der Waals surface area contributed by atoms with Crippen LogP contribution in [0.2, 0.25) is 0 Å². The largest absolute Gasteiger partial charge is 0.460 e. The highest BCUT2D eigenvalue weighted by molar-refractivity contribution is 5.92. The van der Waals surface area contributed by atoms with Gasteiger partial charge in [0, 0.05) is 17.0 Å². The first kappa shape index (κ1) is 17.8. The molecule has 0 fully saturated rings. The standard InChI is InChI=1S/C24H21FN2O3/c1-3-12-15-7-20-22-16(9-27(20)23(28)17(15)10-30-24(12)29)14-6-4-5-13-11(2)18(25)8-19(26-22)21(13)14/h7-8,12H,3-6,9-10H2,1-2H3/t12-/m1/s1. The maximum atomic E-state index is 14.6. The van der Waals surface area contributed by atoms with Crippen molar-refractivity contribution in [2.45, 2.75) is 58.6 Å². The third-order valence-electron chi connectivity index (χ3n) is 7.09. The zero-order chi connectivity index (χ0) is 20.7. The van der Waals surface area contributed by atoms with Gasteiger partial charge in [-0.25, -0.2) is 9.37 Å². The molecule has 3 aliphatic rings. The lowest BCUT2D eigenvalue weighted by Crippen LogP contribution is -2.32. The summed E-state index contributed by atoms with van der Waals surface area (Å²) in [6.45, 7) is 4.25. The zero-order valence-corrected chi connectivity index (χ0v) is 17.0. The van der Waals surface area contributed by atoms with Crippen LogP contribution in [0.25, 0.3) is 22.3 Å². The number of cyclic esters (lactones) is 1. The highest BCUT2D eigenvalue weighted by Gasteiger charge is 2.35. The second-order valence-corrected chi connectivity index (χ2v) is 8.55. The average Bonchev–Trinajstić information content (AvgIpc) is 3.11. The van der Waals surface area contributed by atoms with Crippen LogP contribution in [0.15, 0.2) is 16.9 Å². The molecule has 0 saturated heterocycles. The first-order chi connectivity index (χ1) is 14.5. The molecule has 0 amide bonds. The first-order valence-electron chi connectivity index (χ1n) is 10.6. The number of fused-ring (bicyclic) bond motifs is 5. The van der Waals surface area contributed by atoms with E-state index in [1.54, 1.807) is 4.57 Å². The molecule has 1 atom stereocenters.